The van der Waals surface area contributed by atoms with Gasteiger partial charge in [-0.05, 0) is 12.1 Å². The minimum Gasteiger partial charge on any atom is -0.483 e. The third-order valence-corrected chi connectivity index (χ3v) is 5.12. The van der Waals surface area contributed by atoms with E-state index in [0.29, 0.717) is 18.2 Å². The van der Waals surface area contributed by atoms with Gasteiger partial charge in [0.1, 0.15) is 0 Å². The first-order chi connectivity index (χ1) is 18.3. The summed E-state index contributed by atoms with van der Waals surface area (Å²) in [7, 11) is 0. The molecule has 41 heavy (non-hydrogen) atoms. The number of hydrogen-bond donors (Lipinski definition) is 0. The van der Waals surface area contributed by atoms with Crippen LogP contribution in [0.4, 0.5) is 75.9 Å². The highest BCUT2D eigenvalue weighted by Crippen LogP contribution is 2.50. The van der Waals surface area contributed by atoms with Crippen molar-refractivity contribution >= 4 is 17.5 Å². The fourth-order valence-corrected chi connectivity index (χ4v) is 2.80. The van der Waals surface area contributed by atoms with E-state index in [2.05, 4.69) is 9.47 Å². The highest BCUT2D eigenvalue weighted by atomic mass is 19.4. The zero-order valence-electron chi connectivity index (χ0n) is 19.1. The third kappa shape index (κ3) is 5.84. The lowest BCUT2D eigenvalue weighted by molar-refractivity contribution is -0.343. The molecule has 21 heteroatoms. The normalized spacial score (nSPS) is 15.9. The van der Waals surface area contributed by atoms with Crippen molar-refractivity contribution in [2.24, 2.45) is 0 Å². The Morgan fingerprint density at radius 1 is 0.610 bits per heavy atom. The van der Waals surface area contributed by atoms with Gasteiger partial charge in [-0.25, -0.2) is 22.5 Å². The summed E-state index contributed by atoms with van der Waals surface area (Å²) in [5.41, 5.74) is -0.776. The molecule has 0 atom stereocenters. The van der Waals surface area contributed by atoms with Crippen LogP contribution < -0.4 is 14.4 Å². The fourth-order valence-electron chi connectivity index (χ4n) is 2.80. The van der Waals surface area contributed by atoms with Crippen LogP contribution in [0.2, 0.25) is 0 Å². The highest BCUT2D eigenvalue weighted by molar-refractivity contribution is 6.28. The second-order valence-corrected chi connectivity index (χ2v) is 7.96. The summed E-state index contributed by atoms with van der Waals surface area (Å²) in [6, 6.07) is 0.876. The van der Waals surface area contributed by atoms with Gasteiger partial charge in [0.05, 0.1) is 5.69 Å². The Labute approximate surface area is 216 Å². The number of anilines is 1. The van der Waals surface area contributed by atoms with Crippen molar-refractivity contribution in [1.29, 1.82) is 0 Å². The maximum atomic E-state index is 13.9. The van der Waals surface area contributed by atoms with Gasteiger partial charge in [0.15, 0.2) is 24.7 Å². The monoisotopic (exact) mass is 633 g/mol. The van der Waals surface area contributed by atoms with Gasteiger partial charge in [0.25, 0.3) is 11.8 Å². The number of benzene rings is 1. The van der Waals surface area contributed by atoms with E-state index in [0.717, 1.165) is 0 Å². The molecule has 0 N–H and O–H groups in total. The molecule has 0 saturated carbocycles. The molecule has 5 nitrogen and oxygen atoms in total. The molecule has 2 rings (SSSR count). The summed E-state index contributed by atoms with van der Waals surface area (Å²) in [6.07, 6.45) is -9.46. The maximum absolute atomic E-state index is 13.9. The van der Waals surface area contributed by atoms with Crippen molar-refractivity contribution in [3.05, 3.63) is 30.4 Å². The van der Waals surface area contributed by atoms with Crippen LogP contribution in [-0.4, -0.2) is 73.4 Å². The summed E-state index contributed by atoms with van der Waals surface area (Å²) in [4.78, 5) is 23.7. The first-order valence-corrected chi connectivity index (χ1v) is 10.1. The largest absolute Gasteiger partial charge is 0.483 e. The first kappa shape index (κ1) is 33.8. The summed E-state index contributed by atoms with van der Waals surface area (Å²) in [5.74, 6) is -44.9. The molecule has 1 aliphatic rings. The van der Waals surface area contributed by atoms with Crippen LogP contribution >= 0.6 is 0 Å². The van der Waals surface area contributed by atoms with Crippen molar-refractivity contribution < 1.29 is 89.3 Å². The van der Waals surface area contributed by atoms with Crippen LogP contribution in [-0.2, 0) is 9.59 Å². The van der Waals surface area contributed by atoms with Gasteiger partial charge < -0.3 is 9.47 Å². The minimum atomic E-state index is -6.85. The molecule has 0 aliphatic carbocycles. The van der Waals surface area contributed by atoms with Gasteiger partial charge in [-0.3, -0.25) is 9.59 Å². The van der Waals surface area contributed by atoms with Crippen LogP contribution in [0, 0.1) is 0 Å². The van der Waals surface area contributed by atoms with Crippen molar-refractivity contribution in [2.45, 2.75) is 48.4 Å². The Bertz CT molecular complexity index is 1170. The number of nitrogens with zero attached hydrogens (tertiary/aromatic N) is 1. The molecular weight excluding hydrogens is 622 g/mol. The fraction of sp³-hybridized carbons (Fsp3) is 0.500. The number of imide groups is 1. The van der Waals surface area contributed by atoms with Gasteiger partial charge in [-0.2, -0.15) is 52.7 Å². The Balaban J connectivity index is 2.47. The Morgan fingerprint density at radius 2 is 0.976 bits per heavy atom. The zero-order valence-corrected chi connectivity index (χ0v) is 19.1. The molecule has 1 aliphatic heterocycles. The quantitative estimate of drug-likeness (QED) is 0.192. The second kappa shape index (κ2) is 10.8. The third-order valence-electron chi connectivity index (χ3n) is 5.12. The number of carbonyl (C=O) groups is 2. The SMILES string of the molecule is O=C1C=CC(=O)N1c1ccc(OCC(F)(F)C(F)(F)C(F)(F)C(F)F)c(OCC(F)(F)C(F)(F)C(F)(F)C(F)F)c1. The lowest BCUT2D eigenvalue weighted by Gasteiger charge is -2.33. The topological polar surface area (TPSA) is 55.8 Å². The van der Waals surface area contributed by atoms with E-state index >= 15 is 0 Å². The van der Waals surface area contributed by atoms with Crippen LogP contribution in [0.15, 0.2) is 30.4 Å². The van der Waals surface area contributed by atoms with Gasteiger partial charge in [-0.15, -0.1) is 0 Å². The van der Waals surface area contributed by atoms with E-state index in [-0.39, 0.29) is 17.0 Å². The Hall–Kier alpha value is -3.42. The average molecular weight is 633 g/mol. The molecular formula is C20H11F16NO4. The average Bonchev–Trinajstić information content (AvgIpc) is 3.18. The van der Waals surface area contributed by atoms with Crippen molar-refractivity contribution in [3.8, 4) is 11.5 Å². The van der Waals surface area contributed by atoms with Crippen LogP contribution in [0.1, 0.15) is 0 Å². The van der Waals surface area contributed by atoms with E-state index in [9.17, 15) is 79.8 Å². The summed E-state index contributed by atoms with van der Waals surface area (Å²) in [5, 5.41) is 0. The molecule has 2 amide bonds. The molecule has 1 aromatic carbocycles. The Kier molecular flexibility index (Phi) is 8.87. The lowest BCUT2D eigenvalue weighted by Crippen LogP contribution is -2.59. The van der Waals surface area contributed by atoms with Gasteiger partial charge >= 0.3 is 48.4 Å². The smallest absolute Gasteiger partial charge is 0.381 e. The summed E-state index contributed by atoms with van der Waals surface area (Å²) < 4.78 is 219. The number of alkyl halides is 16. The van der Waals surface area contributed by atoms with Crippen LogP contribution in [0.3, 0.4) is 0 Å². The number of halogens is 16. The molecule has 1 heterocycles. The molecule has 1 aromatic rings. The molecule has 232 valence electrons. The molecule has 0 radical (unpaired) electrons. The summed E-state index contributed by atoms with van der Waals surface area (Å²) in [6.45, 7) is -5.96. The van der Waals surface area contributed by atoms with Crippen molar-refractivity contribution in [3.63, 3.8) is 0 Å². The minimum absolute atomic E-state index is 0.154. The zero-order chi connectivity index (χ0) is 32.0. The van der Waals surface area contributed by atoms with Crippen molar-refractivity contribution in [2.75, 3.05) is 18.1 Å². The van der Waals surface area contributed by atoms with Gasteiger partial charge in [0.2, 0.25) is 0 Å². The second-order valence-electron chi connectivity index (χ2n) is 7.96. The van der Waals surface area contributed by atoms with E-state index in [1.54, 1.807) is 0 Å². The molecule has 0 fully saturated rings. The van der Waals surface area contributed by atoms with E-state index in [1.807, 2.05) is 0 Å². The number of hydrogen-bond acceptors (Lipinski definition) is 4. The number of carbonyl (C=O) groups excluding carboxylic acids is 2. The lowest BCUT2D eigenvalue weighted by atomic mass is 10.1. The maximum Gasteiger partial charge on any atom is 0.381 e. The predicted octanol–water partition coefficient (Wildman–Crippen LogP) is 6.22. The van der Waals surface area contributed by atoms with Crippen LogP contribution in [0.5, 0.6) is 11.5 Å². The van der Waals surface area contributed by atoms with E-state index < -0.39 is 90.6 Å². The molecule has 0 bridgehead atoms. The number of rotatable bonds is 13. The summed E-state index contributed by atoms with van der Waals surface area (Å²) >= 11 is 0. The van der Waals surface area contributed by atoms with E-state index in [1.165, 1.54) is 0 Å². The number of amides is 2. The van der Waals surface area contributed by atoms with E-state index in [4.69, 9.17) is 0 Å². The van der Waals surface area contributed by atoms with Gasteiger partial charge in [-0.1, -0.05) is 0 Å². The standard InChI is InChI=1S/C20H11F16NO4/c21-13(22)17(29,30)19(33,34)15(25,26)6-40-9-2-1-8(37-11(38)3-4-12(37)39)5-10(9)41-7-16(27,28)20(35,36)18(31,32)14(23)24/h1-5,13-14H,6-7H2. The van der Waals surface area contributed by atoms with Crippen LogP contribution in [0.25, 0.3) is 0 Å². The first-order valence-electron chi connectivity index (χ1n) is 10.1. The Morgan fingerprint density at radius 3 is 1.34 bits per heavy atom. The molecule has 0 unspecified atom stereocenters. The number of ether oxygens (including phenoxy) is 2. The van der Waals surface area contributed by atoms with Crippen molar-refractivity contribution in [1.82, 2.24) is 0 Å². The predicted molar refractivity (Wildman–Crippen MR) is 101 cm³/mol. The van der Waals surface area contributed by atoms with Gasteiger partial charge in [0, 0.05) is 18.2 Å². The molecule has 0 spiro atoms. The highest BCUT2D eigenvalue weighted by Gasteiger charge is 2.76. The molecule has 0 saturated heterocycles. The molecule has 0 aromatic heterocycles.